The van der Waals surface area contributed by atoms with Crippen molar-refractivity contribution in [2.75, 3.05) is 11.9 Å². The summed E-state index contributed by atoms with van der Waals surface area (Å²) in [6.07, 6.45) is -4.55. The zero-order valence-electron chi connectivity index (χ0n) is 17.1. The van der Waals surface area contributed by atoms with Gasteiger partial charge in [0.2, 0.25) is 0 Å². The monoisotopic (exact) mass is 445 g/mol. The molecule has 166 valence electrons. The number of carbonyl (C=O) groups excluding carboxylic acids is 2. The Morgan fingerprint density at radius 1 is 1.06 bits per heavy atom. The summed E-state index contributed by atoms with van der Waals surface area (Å²) in [5.74, 6) is -1.70. The molecule has 0 aliphatic heterocycles. The lowest BCUT2D eigenvalue weighted by atomic mass is 10.1. The van der Waals surface area contributed by atoms with Gasteiger partial charge in [-0.05, 0) is 50.2 Å². The fourth-order valence-electron chi connectivity index (χ4n) is 2.78. The molecule has 7 nitrogen and oxygen atoms in total. The molecule has 0 saturated carbocycles. The van der Waals surface area contributed by atoms with E-state index in [1.54, 1.807) is 31.2 Å². The van der Waals surface area contributed by atoms with Crippen molar-refractivity contribution in [3.63, 3.8) is 0 Å². The number of carbonyl (C=O) groups is 2. The van der Waals surface area contributed by atoms with Gasteiger partial charge in [-0.3, -0.25) is 9.59 Å². The van der Waals surface area contributed by atoms with E-state index in [4.69, 9.17) is 4.74 Å². The molecule has 0 saturated heterocycles. The fraction of sp³-hybridized carbons (Fsp3) is 0.182. The van der Waals surface area contributed by atoms with Crippen molar-refractivity contribution >= 4 is 17.6 Å². The molecular formula is C22H18F3N3O4. The number of aryl methyl sites for hydroxylation is 1. The third-order valence-corrected chi connectivity index (χ3v) is 4.40. The number of ether oxygens (including phenoxy) is 1. The molecule has 0 atom stereocenters. The van der Waals surface area contributed by atoms with Crippen LogP contribution in [-0.4, -0.2) is 28.3 Å². The van der Waals surface area contributed by atoms with Gasteiger partial charge in [-0.1, -0.05) is 17.7 Å². The first-order valence-electron chi connectivity index (χ1n) is 9.47. The molecule has 1 heterocycles. The zero-order valence-corrected chi connectivity index (χ0v) is 17.1. The van der Waals surface area contributed by atoms with Crippen molar-refractivity contribution < 1.29 is 27.5 Å². The summed E-state index contributed by atoms with van der Waals surface area (Å²) < 4.78 is 44.1. The molecule has 2 aromatic carbocycles. The molecular weight excluding hydrogens is 427 g/mol. The second-order valence-electron chi connectivity index (χ2n) is 6.74. The number of rotatable bonds is 5. The van der Waals surface area contributed by atoms with Crippen molar-refractivity contribution in [3.05, 3.63) is 87.3 Å². The van der Waals surface area contributed by atoms with Crippen molar-refractivity contribution in [2.24, 2.45) is 0 Å². The highest BCUT2D eigenvalue weighted by molar-refractivity contribution is 6.07. The van der Waals surface area contributed by atoms with E-state index >= 15 is 0 Å². The van der Waals surface area contributed by atoms with Crippen molar-refractivity contribution in [2.45, 2.75) is 20.0 Å². The van der Waals surface area contributed by atoms with Crippen LogP contribution < -0.4 is 10.9 Å². The Bertz CT molecular complexity index is 1200. The third-order valence-electron chi connectivity index (χ3n) is 4.40. The Kier molecular flexibility index (Phi) is 6.42. The highest BCUT2D eigenvalue weighted by Gasteiger charge is 2.30. The zero-order chi connectivity index (χ0) is 23.5. The van der Waals surface area contributed by atoms with Crippen LogP contribution in [0.2, 0.25) is 0 Å². The van der Waals surface area contributed by atoms with Gasteiger partial charge in [0.05, 0.1) is 23.5 Å². The minimum absolute atomic E-state index is 0.0243. The number of hydrogen-bond acceptors (Lipinski definition) is 5. The van der Waals surface area contributed by atoms with E-state index in [-0.39, 0.29) is 23.6 Å². The van der Waals surface area contributed by atoms with Gasteiger partial charge in [-0.15, -0.1) is 0 Å². The summed E-state index contributed by atoms with van der Waals surface area (Å²) in [6.45, 7) is 3.47. The predicted molar refractivity (Wildman–Crippen MR) is 110 cm³/mol. The molecule has 10 heteroatoms. The van der Waals surface area contributed by atoms with Crippen molar-refractivity contribution in [1.82, 2.24) is 9.78 Å². The van der Waals surface area contributed by atoms with Crippen LogP contribution in [0.5, 0.6) is 0 Å². The van der Waals surface area contributed by atoms with Crippen LogP contribution in [0, 0.1) is 6.92 Å². The average Bonchev–Trinajstić information content (AvgIpc) is 2.74. The van der Waals surface area contributed by atoms with Gasteiger partial charge in [-0.2, -0.15) is 23.0 Å². The number of benzene rings is 2. The summed E-state index contributed by atoms with van der Waals surface area (Å²) in [5, 5.41) is 6.41. The molecule has 0 aliphatic carbocycles. The Labute approximate surface area is 180 Å². The van der Waals surface area contributed by atoms with Gasteiger partial charge in [0.1, 0.15) is 0 Å². The lowest BCUT2D eigenvalue weighted by Gasteiger charge is -2.13. The first kappa shape index (κ1) is 22.7. The van der Waals surface area contributed by atoms with Crippen LogP contribution in [0.15, 0.2) is 59.4 Å². The maximum Gasteiger partial charge on any atom is 0.416 e. The molecule has 0 radical (unpaired) electrons. The second-order valence-corrected chi connectivity index (χ2v) is 6.74. The summed E-state index contributed by atoms with van der Waals surface area (Å²) in [6, 6.07) is 11.3. The Morgan fingerprint density at radius 3 is 2.25 bits per heavy atom. The molecule has 3 aromatic rings. The minimum Gasteiger partial charge on any atom is -0.461 e. The highest BCUT2D eigenvalue weighted by atomic mass is 19.4. The number of esters is 1. The Hall–Kier alpha value is -3.95. The van der Waals surface area contributed by atoms with Crippen LogP contribution in [0.1, 0.15) is 38.9 Å². The van der Waals surface area contributed by atoms with Gasteiger partial charge in [0.15, 0.2) is 5.69 Å². The summed E-state index contributed by atoms with van der Waals surface area (Å²) in [7, 11) is 0. The van der Waals surface area contributed by atoms with Gasteiger partial charge in [0, 0.05) is 11.6 Å². The lowest BCUT2D eigenvalue weighted by molar-refractivity contribution is -0.137. The van der Waals surface area contributed by atoms with Gasteiger partial charge in [0.25, 0.3) is 11.5 Å². The first-order chi connectivity index (χ1) is 15.1. The van der Waals surface area contributed by atoms with Crippen LogP contribution in [0.3, 0.4) is 0 Å². The molecule has 0 aliphatic rings. The first-order valence-corrected chi connectivity index (χ1v) is 9.47. The van der Waals surface area contributed by atoms with Gasteiger partial charge < -0.3 is 10.1 Å². The number of nitrogens with one attached hydrogen (secondary N) is 1. The van der Waals surface area contributed by atoms with Gasteiger partial charge >= 0.3 is 12.1 Å². The molecule has 3 rings (SSSR count). The molecule has 0 unspecified atom stereocenters. The summed E-state index contributed by atoms with van der Waals surface area (Å²) in [4.78, 5) is 37.5. The summed E-state index contributed by atoms with van der Waals surface area (Å²) >= 11 is 0. The quantitative estimate of drug-likeness (QED) is 0.600. The second kappa shape index (κ2) is 9.04. The lowest BCUT2D eigenvalue weighted by Crippen LogP contribution is -2.27. The number of anilines is 1. The van der Waals surface area contributed by atoms with Gasteiger partial charge in [-0.25, -0.2) is 4.79 Å². The Balaban J connectivity index is 1.98. The number of aromatic nitrogens is 2. The highest BCUT2D eigenvalue weighted by Crippen LogP contribution is 2.29. The molecule has 0 fully saturated rings. The van der Waals surface area contributed by atoms with Crippen LogP contribution in [0.4, 0.5) is 18.9 Å². The molecule has 0 spiro atoms. The molecule has 0 bridgehead atoms. The van der Waals surface area contributed by atoms with Crippen LogP contribution in [-0.2, 0) is 10.9 Å². The van der Waals surface area contributed by atoms with Crippen LogP contribution in [0.25, 0.3) is 5.69 Å². The molecule has 32 heavy (non-hydrogen) atoms. The standard InChI is InChI=1S/C22H18F3N3O4/c1-3-32-21(31)19-17(12-18(29)28(27-19)16-10-4-13(2)5-11-16)26-20(30)14-6-8-15(9-7-14)22(23,24)25/h4-12H,3H2,1-2H3,(H,26,30). The van der Waals surface area contributed by atoms with Crippen molar-refractivity contribution in [1.29, 1.82) is 0 Å². The van der Waals surface area contributed by atoms with E-state index in [0.717, 1.165) is 40.6 Å². The smallest absolute Gasteiger partial charge is 0.416 e. The molecule has 1 amide bonds. The average molecular weight is 445 g/mol. The molecule has 1 aromatic heterocycles. The topological polar surface area (TPSA) is 90.3 Å². The normalized spacial score (nSPS) is 11.2. The largest absolute Gasteiger partial charge is 0.461 e. The van der Waals surface area contributed by atoms with E-state index < -0.39 is 29.2 Å². The van der Waals surface area contributed by atoms with E-state index in [1.165, 1.54) is 0 Å². The Morgan fingerprint density at radius 2 is 1.69 bits per heavy atom. The number of alkyl halides is 3. The SMILES string of the molecule is CCOC(=O)c1nn(-c2ccc(C)cc2)c(=O)cc1NC(=O)c1ccc(C(F)(F)F)cc1. The van der Waals surface area contributed by atoms with E-state index in [1.807, 2.05) is 6.92 Å². The van der Waals surface area contributed by atoms with Crippen LogP contribution >= 0.6 is 0 Å². The minimum atomic E-state index is -4.55. The number of amides is 1. The summed E-state index contributed by atoms with van der Waals surface area (Å²) in [5.41, 5.74) is -0.850. The maximum atomic E-state index is 12.7. The number of hydrogen-bond donors (Lipinski definition) is 1. The maximum absolute atomic E-state index is 12.7. The van der Waals surface area contributed by atoms with E-state index in [9.17, 15) is 27.6 Å². The van der Waals surface area contributed by atoms with Crippen molar-refractivity contribution in [3.8, 4) is 5.69 Å². The number of halogens is 3. The predicted octanol–water partition coefficient (Wildman–Crippen LogP) is 3.99. The fourth-order valence-corrected chi connectivity index (χ4v) is 2.78. The molecule has 1 N–H and O–H groups in total. The van der Waals surface area contributed by atoms with E-state index in [2.05, 4.69) is 10.4 Å². The third kappa shape index (κ3) is 5.02. The van der Waals surface area contributed by atoms with E-state index in [0.29, 0.717) is 5.69 Å². The number of nitrogens with zero attached hydrogens (tertiary/aromatic N) is 2.